The van der Waals surface area contributed by atoms with E-state index in [1.54, 1.807) is 19.1 Å². The van der Waals surface area contributed by atoms with Gasteiger partial charge in [0.15, 0.2) is 0 Å². The van der Waals surface area contributed by atoms with Gasteiger partial charge < -0.3 is 10.1 Å². The Morgan fingerprint density at radius 2 is 1.69 bits per heavy atom. The van der Waals surface area contributed by atoms with Crippen LogP contribution in [0.3, 0.4) is 0 Å². The number of rotatable bonds is 7. The Labute approximate surface area is 170 Å². The smallest absolute Gasteiger partial charge is 0.255 e. The van der Waals surface area contributed by atoms with Crippen LogP contribution in [0.1, 0.15) is 15.9 Å². The number of benzene rings is 2. The second-order valence-electron chi connectivity index (χ2n) is 6.51. The molecular weight excluding hydrogens is 418 g/mol. The molecule has 0 radical (unpaired) electrons. The molecule has 0 bridgehead atoms. The van der Waals surface area contributed by atoms with Crippen molar-refractivity contribution in [3.05, 3.63) is 47.5 Å². The third-order valence-electron chi connectivity index (χ3n) is 3.98. The molecule has 0 spiro atoms. The van der Waals surface area contributed by atoms with E-state index in [0.717, 1.165) is 10.6 Å². The number of nitrogens with one attached hydrogen (secondary N) is 2. The van der Waals surface area contributed by atoms with Gasteiger partial charge in [0.1, 0.15) is 10.6 Å². The molecule has 0 aliphatic carbocycles. The van der Waals surface area contributed by atoms with E-state index < -0.39 is 26.0 Å². The van der Waals surface area contributed by atoms with Gasteiger partial charge in [0.25, 0.3) is 5.91 Å². The first-order chi connectivity index (χ1) is 13.3. The van der Waals surface area contributed by atoms with Crippen LogP contribution in [0.4, 0.5) is 11.4 Å². The third kappa shape index (κ3) is 5.46. The minimum atomic E-state index is -3.83. The predicted molar refractivity (Wildman–Crippen MR) is 111 cm³/mol. The summed E-state index contributed by atoms with van der Waals surface area (Å²) < 4.78 is 56.5. The molecule has 0 unspecified atom stereocenters. The van der Waals surface area contributed by atoms with Gasteiger partial charge in [0.05, 0.1) is 19.1 Å². The fraction of sp³-hybridized carbons (Fsp3) is 0.278. The number of hydrogen-bond acceptors (Lipinski definition) is 6. The van der Waals surface area contributed by atoms with Crippen LogP contribution in [-0.4, -0.2) is 54.5 Å². The Bertz CT molecular complexity index is 1140. The zero-order valence-corrected chi connectivity index (χ0v) is 18.3. The van der Waals surface area contributed by atoms with Crippen LogP contribution < -0.4 is 14.8 Å². The topological polar surface area (TPSA) is 122 Å². The van der Waals surface area contributed by atoms with Crippen LogP contribution in [0, 0.1) is 6.92 Å². The van der Waals surface area contributed by atoms with Gasteiger partial charge in [-0.25, -0.2) is 21.1 Å². The van der Waals surface area contributed by atoms with Crippen molar-refractivity contribution in [2.24, 2.45) is 0 Å². The molecule has 11 heteroatoms. The van der Waals surface area contributed by atoms with Crippen molar-refractivity contribution in [2.45, 2.75) is 11.8 Å². The minimum absolute atomic E-state index is 0.101. The highest BCUT2D eigenvalue weighted by Gasteiger charge is 2.24. The van der Waals surface area contributed by atoms with Gasteiger partial charge in [-0.05, 0) is 42.8 Å². The molecule has 158 valence electrons. The second kappa shape index (κ2) is 8.39. The number of hydrogen-bond donors (Lipinski definition) is 2. The number of carbonyl (C=O) groups excluding carboxylic acids is 1. The zero-order chi connectivity index (χ0) is 22.0. The van der Waals surface area contributed by atoms with E-state index in [-0.39, 0.29) is 16.2 Å². The largest absolute Gasteiger partial charge is 0.495 e. The van der Waals surface area contributed by atoms with Crippen molar-refractivity contribution < 1.29 is 26.4 Å². The summed E-state index contributed by atoms with van der Waals surface area (Å²) in [7, 11) is -3.21. The minimum Gasteiger partial charge on any atom is -0.495 e. The molecule has 2 aromatic carbocycles. The Morgan fingerprint density at radius 3 is 2.24 bits per heavy atom. The summed E-state index contributed by atoms with van der Waals surface area (Å²) >= 11 is 0. The quantitative estimate of drug-likeness (QED) is 0.677. The zero-order valence-electron chi connectivity index (χ0n) is 16.7. The maximum absolute atomic E-state index is 12.6. The van der Waals surface area contributed by atoms with Crippen molar-refractivity contribution >= 4 is 37.3 Å². The van der Waals surface area contributed by atoms with Crippen LogP contribution in [0.15, 0.2) is 41.3 Å². The van der Waals surface area contributed by atoms with Gasteiger partial charge in [-0.1, -0.05) is 6.07 Å². The van der Waals surface area contributed by atoms with Crippen molar-refractivity contribution in [2.75, 3.05) is 37.5 Å². The molecular formula is C18H23N3O6S2. The third-order valence-corrected chi connectivity index (χ3v) is 6.40. The fourth-order valence-corrected chi connectivity index (χ4v) is 4.12. The SMILES string of the molecule is COc1ccc(C(=O)Nc2ccc(C)c(NS(C)(=O)=O)c2)cc1S(=O)(=O)N(C)C. The van der Waals surface area contributed by atoms with Gasteiger partial charge >= 0.3 is 0 Å². The van der Waals surface area contributed by atoms with E-state index in [4.69, 9.17) is 4.74 Å². The van der Waals surface area contributed by atoms with E-state index in [1.165, 1.54) is 45.5 Å². The Morgan fingerprint density at radius 1 is 1.03 bits per heavy atom. The van der Waals surface area contributed by atoms with Crippen LogP contribution in [0.5, 0.6) is 5.75 Å². The fourth-order valence-electron chi connectivity index (χ4n) is 2.43. The van der Waals surface area contributed by atoms with Crippen molar-refractivity contribution in [3.8, 4) is 5.75 Å². The van der Waals surface area contributed by atoms with Crippen LogP contribution in [0.2, 0.25) is 0 Å². The second-order valence-corrected chi connectivity index (χ2v) is 10.4. The Hall–Kier alpha value is -2.63. The first kappa shape index (κ1) is 22.7. The summed E-state index contributed by atoms with van der Waals surface area (Å²) in [4.78, 5) is 12.5. The lowest BCUT2D eigenvalue weighted by Gasteiger charge is -2.16. The lowest BCUT2D eigenvalue weighted by molar-refractivity contribution is 0.102. The molecule has 0 saturated carbocycles. The van der Waals surface area contributed by atoms with Crippen molar-refractivity contribution in [3.63, 3.8) is 0 Å². The standard InChI is InChI=1S/C18H23N3O6S2/c1-12-6-8-14(11-15(12)20-28(5,23)24)19-18(22)13-7-9-16(27-4)17(10-13)29(25,26)21(2)3/h6-11,20H,1-5H3,(H,19,22). The highest BCUT2D eigenvalue weighted by Crippen LogP contribution is 2.28. The monoisotopic (exact) mass is 441 g/mol. The molecule has 0 saturated heterocycles. The molecule has 0 aromatic heterocycles. The highest BCUT2D eigenvalue weighted by molar-refractivity contribution is 7.92. The summed E-state index contributed by atoms with van der Waals surface area (Å²) in [6.07, 6.45) is 1.03. The molecule has 9 nitrogen and oxygen atoms in total. The summed E-state index contributed by atoms with van der Waals surface area (Å²) in [5, 5.41) is 2.63. The number of sulfonamides is 2. The normalized spacial score (nSPS) is 11.9. The Balaban J connectivity index is 2.38. The van der Waals surface area contributed by atoms with Gasteiger partial charge in [-0.3, -0.25) is 9.52 Å². The number of nitrogens with zero attached hydrogens (tertiary/aromatic N) is 1. The van der Waals surface area contributed by atoms with Crippen LogP contribution in [0.25, 0.3) is 0 Å². The molecule has 1 amide bonds. The van der Waals surface area contributed by atoms with Crippen LogP contribution in [-0.2, 0) is 20.0 Å². The lowest BCUT2D eigenvalue weighted by Crippen LogP contribution is -2.23. The van der Waals surface area contributed by atoms with Crippen molar-refractivity contribution in [1.82, 2.24) is 4.31 Å². The molecule has 29 heavy (non-hydrogen) atoms. The first-order valence-electron chi connectivity index (χ1n) is 8.35. The van der Waals surface area contributed by atoms with Crippen molar-refractivity contribution in [1.29, 1.82) is 0 Å². The first-order valence-corrected chi connectivity index (χ1v) is 11.7. The van der Waals surface area contributed by atoms with Crippen LogP contribution >= 0.6 is 0 Å². The number of anilines is 2. The van der Waals surface area contributed by atoms with E-state index in [1.807, 2.05) is 0 Å². The number of ether oxygens (including phenoxy) is 1. The molecule has 0 atom stereocenters. The average molecular weight is 442 g/mol. The van der Waals surface area contributed by atoms with Gasteiger partial charge in [-0.2, -0.15) is 0 Å². The average Bonchev–Trinajstić information content (AvgIpc) is 2.62. The molecule has 2 N–H and O–H groups in total. The summed E-state index contributed by atoms with van der Waals surface area (Å²) in [6, 6.07) is 8.81. The predicted octanol–water partition coefficient (Wildman–Crippen LogP) is 1.88. The summed E-state index contributed by atoms with van der Waals surface area (Å²) in [5.41, 5.74) is 1.46. The van der Waals surface area contributed by atoms with E-state index >= 15 is 0 Å². The maximum atomic E-state index is 12.6. The van der Waals surface area contributed by atoms with Gasteiger partial charge in [-0.15, -0.1) is 0 Å². The summed E-state index contributed by atoms with van der Waals surface area (Å²) in [6.45, 7) is 1.72. The van der Waals surface area contributed by atoms with E-state index in [0.29, 0.717) is 16.9 Å². The van der Waals surface area contributed by atoms with Gasteiger partial charge in [0.2, 0.25) is 20.0 Å². The maximum Gasteiger partial charge on any atom is 0.255 e. The Kier molecular flexibility index (Phi) is 6.56. The van der Waals surface area contributed by atoms with E-state index in [9.17, 15) is 21.6 Å². The highest BCUT2D eigenvalue weighted by atomic mass is 32.2. The summed E-state index contributed by atoms with van der Waals surface area (Å²) in [5.74, 6) is -0.442. The molecule has 2 aromatic rings. The molecule has 0 aliphatic rings. The number of aryl methyl sites for hydroxylation is 1. The lowest BCUT2D eigenvalue weighted by atomic mass is 10.1. The van der Waals surface area contributed by atoms with Gasteiger partial charge in [0, 0.05) is 25.3 Å². The molecule has 0 aliphatic heterocycles. The number of methoxy groups -OCH3 is 1. The molecule has 0 fully saturated rings. The number of carbonyl (C=O) groups is 1. The number of amides is 1. The van der Waals surface area contributed by atoms with E-state index in [2.05, 4.69) is 10.0 Å². The molecule has 0 heterocycles. The molecule has 2 rings (SSSR count).